The Bertz CT molecular complexity index is 783. The number of ether oxygens (including phenoxy) is 4. The fourth-order valence-corrected chi connectivity index (χ4v) is 3.48. The SMILES string of the molecule is COc1ccc2c(c1)OC[C@@H]1c3c(cc(OC)c(O)c3C)O[C@H]21. The molecule has 2 aliphatic heterocycles. The van der Waals surface area contributed by atoms with Crippen LogP contribution < -0.4 is 18.9 Å². The lowest BCUT2D eigenvalue weighted by molar-refractivity contribution is 0.139. The van der Waals surface area contributed by atoms with Gasteiger partial charge in [0.25, 0.3) is 0 Å². The predicted octanol–water partition coefficient (Wildman–Crippen LogP) is 3.33. The smallest absolute Gasteiger partial charge is 0.164 e. The average Bonchev–Trinajstić information content (AvgIpc) is 2.96. The second-order valence-corrected chi connectivity index (χ2v) is 5.82. The van der Waals surface area contributed by atoms with Crippen LogP contribution in [0.15, 0.2) is 24.3 Å². The summed E-state index contributed by atoms with van der Waals surface area (Å²) in [5.41, 5.74) is 2.78. The van der Waals surface area contributed by atoms with E-state index >= 15 is 0 Å². The van der Waals surface area contributed by atoms with Gasteiger partial charge in [0.15, 0.2) is 11.5 Å². The molecule has 2 heterocycles. The molecule has 2 atom stereocenters. The Morgan fingerprint density at radius 2 is 1.96 bits per heavy atom. The van der Waals surface area contributed by atoms with Gasteiger partial charge in [-0.05, 0) is 19.1 Å². The van der Waals surface area contributed by atoms with Crippen LogP contribution in [0.25, 0.3) is 0 Å². The van der Waals surface area contributed by atoms with Crippen LogP contribution in [0.4, 0.5) is 0 Å². The van der Waals surface area contributed by atoms with Crippen molar-refractivity contribution >= 4 is 0 Å². The first-order valence-corrected chi connectivity index (χ1v) is 7.52. The number of methoxy groups -OCH3 is 2. The lowest BCUT2D eigenvalue weighted by Gasteiger charge is -2.28. The largest absolute Gasteiger partial charge is 0.504 e. The number of rotatable bonds is 2. The molecule has 5 heteroatoms. The molecule has 4 rings (SSSR count). The molecule has 2 aliphatic rings. The number of phenols is 1. The van der Waals surface area contributed by atoms with Gasteiger partial charge in [0, 0.05) is 28.8 Å². The Labute approximate surface area is 134 Å². The summed E-state index contributed by atoms with van der Waals surface area (Å²) in [6.07, 6.45) is -0.120. The first-order chi connectivity index (χ1) is 11.1. The predicted molar refractivity (Wildman–Crippen MR) is 84.0 cm³/mol. The number of hydrogen-bond acceptors (Lipinski definition) is 5. The zero-order valence-corrected chi connectivity index (χ0v) is 13.3. The van der Waals surface area contributed by atoms with Crippen LogP contribution in [-0.2, 0) is 0 Å². The van der Waals surface area contributed by atoms with Crippen molar-refractivity contribution in [2.24, 2.45) is 0 Å². The third-order valence-electron chi connectivity index (χ3n) is 4.68. The fraction of sp³-hybridized carbons (Fsp3) is 0.333. The molecule has 23 heavy (non-hydrogen) atoms. The lowest BCUT2D eigenvalue weighted by atomic mass is 9.87. The fourth-order valence-electron chi connectivity index (χ4n) is 3.48. The van der Waals surface area contributed by atoms with Crippen molar-refractivity contribution in [2.45, 2.75) is 18.9 Å². The second-order valence-electron chi connectivity index (χ2n) is 5.82. The zero-order valence-electron chi connectivity index (χ0n) is 13.3. The molecule has 5 nitrogen and oxygen atoms in total. The van der Waals surface area contributed by atoms with E-state index in [-0.39, 0.29) is 17.8 Å². The highest BCUT2D eigenvalue weighted by Crippen LogP contribution is 2.55. The Kier molecular flexibility index (Phi) is 3.04. The standard InChI is InChI=1S/C18H18O5/c1-9-16-12-8-22-13-6-10(20-2)4-5-11(13)18(12)23-14(16)7-15(21-3)17(9)19/h4-7,12,18-19H,8H2,1-3H3/t12-,18-/m1/s1. The summed E-state index contributed by atoms with van der Waals surface area (Å²) in [4.78, 5) is 0. The molecular formula is C18H18O5. The molecule has 2 aromatic carbocycles. The van der Waals surface area contributed by atoms with E-state index in [9.17, 15) is 5.11 Å². The van der Waals surface area contributed by atoms with Gasteiger partial charge in [0.05, 0.1) is 26.7 Å². The quantitative estimate of drug-likeness (QED) is 0.921. The topological polar surface area (TPSA) is 57.2 Å². The first kappa shape index (κ1) is 14.1. The number of hydrogen-bond donors (Lipinski definition) is 1. The van der Waals surface area contributed by atoms with Crippen molar-refractivity contribution in [3.05, 3.63) is 41.0 Å². The second kappa shape index (κ2) is 4.98. The van der Waals surface area contributed by atoms with Gasteiger partial charge in [-0.3, -0.25) is 0 Å². The number of aromatic hydroxyl groups is 1. The molecule has 0 bridgehead atoms. The van der Waals surface area contributed by atoms with E-state index in [0.29, 0.717) is 12.4 Å². The summed E-state index contributed by atoms with van der Waals surface area (Å²) in [5, 5.41) is 10.3. The van der Waals surface area contributed by atoms with Crippen LogP contribution in [0.3, 0.4) is 0 Å². The Balaban J connectivity index is 1.81. The Hall–Kier alpha value is -2.56. The Morgan fingerprint density at radius 1 is 1.13 bits per heavy atom. The maximum atomic E-state index is 10.3. The van der Waals surface area contributed by atoms with E-state index < -0.39 is 0 Å². The summed E-state index contributed by atoms with van der Waals surface area (Å²) < 4.78 is 22.6. The van der Waals surface area contributed by atoms with Crippen molar-refractivity contribution < 1.29 is 24.1 Å². The molecule has 1 N–H and O–H groups in total. The minimum atomic E-state index is -0.120. The molecule has 0 radical (unpaired) electrons. The van der Waals surface area contributed by atoms with Gasteiger partial charge in [0.2, 0.25) is 0 Å². The summed E-state index contributed by atoms with van der Waals surface area (Å²) >= 11 is 0. The van der Waals surface area contributed by atoms with Crippen molar-refractivity contribution in [1.29, 1.82) is 0 Å². The molecule has 0 spiro atoms. The summed E-state index contributed by atoms with van der Waals surface area (Å²) in [6, 6.07) is 7.51. The van der Waals surface area contributed by atoms with Gasteiger partial charge in [-0.2, -0.15) is 0 Å². The third kappa shape index (κ3) is 1.92. The summed E-state index contributed by atoms with van der Waals surface area (Å²) in [5.74, 6) is 2.94. The molecule has 0 aliphatic carbocycles. The van der Waals surface area contributed by atoms with Gasteiger partial charge in [-0.15, -0.1) is 0 Å². The van der Waals surface area contributed by atoms with Crippen LogP contribution in [-0.4, -0.2) is 25.9 Å². The maximum absolute atomic E-state index is 10.3. The minimum absolute atomic E-state index is 0.0581. The van der Waals surface area contributed by atoms with Gasteiger partial charge in [-0.25, -0.2) is 0 Å². The van der Waals surface area contributed by atoms with E-state index in [4.69, 9.17) is 18.9 Å². The molecule has 0 unspecified atom stereocenters. The first-order valence-electron chi connectivity index (χ1n) is 7.52. The number of benzene rings is 2. The summed E-state index contributed by atoms with van der Waals surface area (Å²) in [6.45, 7) is 2.39. The van der Waals surface area contributed by atoms with Crippen LogP contribution in [0, 0.1) is 6.92 Å². The van der Waals surface area contributed by atoms with Gasteiger partial charge >= 0.3 is 0 Å². The zero-order chi connectivity index (χ0) is 16.1. The third-order valence-corrected chi connectivity index (χ3v) is 4.68. The van der Waals surface area contributed by atoms with E-state index in [0.717, 1.165) is 33.9 Å². The molecule has 120 valence electrons. The highest BCUT2D eigenvalue weighted by molar-refractivity contribution is 5.61. The van der Waals surface area contributed by atoms with Crippen LogP contribution in [0.5, 0.6) is 28.7 Å². The lowest BCUT2D eigenvalue weighted by Crippen LogP contribution is -2.23. The highest BCUT2D eigenvalue weighted by Gasteiger charge is 2.42. The summed E-state index contributed by atoms with van der Waals surface area (Å²) in [7, 11) is 3.17. The molecule has 0 aromatic heterocycles. The normalized spacial score (nSPS) is 20.7. The maximum Gasteiger partial charge on any atom is 0.164 e. The van der Waals surface area contributed by atoms with Crippen molar-refractivity contribution in [1.82, 2.24) is 0 Å². The van der Waals surface area contributed by atoms with Crippen LogP contribution >= 0.6 is 0 Å². The van der Waals surface area contributed by atoms with Crippen molar-refractivity contribution in [3.63, 3.8) is 0 Å². The highest BCUT2D eigenvalue weighted by atomic mass is 16.5. The van der Waals surface area contributed by atoms with E-state index in [2.05, 4.69) is 0 Å². The monoisotopic (exact) mass is 314 g/mol. The molecule has 0 fully saturated rings. The average molecular weight is 314 g/mol. The Morgan fingerprint density at radius 3 is 2.70 bits per heavy atom. The van der Waals surface area contributed by atoms with E-state index in [1.807, 2.05) is 25.1 Å². The molecular weight excluding hydrogens is 296 g/mol. The number of fused-ring (bicyclic) bond motifs is 5. The molecule has 0 saturated heterocycles. The van der Waals surface area contributed by atoms with Crippen LogP contribution in [0.1, 0.15) is 28.7 Å². The minimum Gasteiger partial charge on any atom is -0.504 e. The van der Waals surface area contributed by atoms with Gasteiger partial charge in [0.1, 0.15) is 23.4 Å². The van der Waals surface area contributed by atoms with E-state index in [1.165, 1.54) is 7.11 Å². The van der Waals surface area contributed by atoms with Crippen molar-refractivity contribution in [2.75, 3.05) is 20.8 Å². The molecule has 2 aromatic rings. The van der Waals surface area contributed by atoms with Gasteiger partial charge < -0.3 is 24.1 Å². The van der Waals surface area contributed by atoms with Gasteiger partial charge in [-0.1, -0.05) is 0 Å². The van der Waals surface area contributed by atoms with Crippen LogP contribution in [0.2, 0.25) is 0 Å². The molecule has 0 amide bonds. The number of phenolic OH excluding ortho intramolecular Hbond substituents is 1. The molecule has 0 saturated carbocycles. The van der Waals surface area contributed by atoms with Crippen molar-refractivity contribution in [3.8, 4) is 28.7 Å². The van der Waals surface area contributed by atoms with E-state index in [1.54, 1.807) is 13.2 Å².